The van der Waals surface area contributed by atoms with Crippen molar-refractivity contribution in [1.29, 1.82) is 0 Å². The van der Waals surface area contributed by atoms with E-state index in [1.807, 2.05) is 24.3 Å². The van der Waals surface area contributed by atoms with Crippen LogP contribution in [0.1, 0.15) is 21.5 Å². The molecule has 4 rings (SSSR count). The lowest BCUT2D eigenvalue weighted by molar-refractivity contribution is 0.101. The Bertz CT molecular complexity index is 1070. The summed E-state index contributed by atoms with van der Waals surface area (Å²) in [5.74, 6) is 0.114. The van der Waals surface area contributed by atoms with Crippen LogP contribution in [0.2, 0.25) is 5.02 Å². The number of carbonyl (C=O) groups excluding carboxylic acids is 1. The number of hydrogen-bond acceptors (Lipinski definition) is 3. The second kappa shape index (κ2) is 7.78. The van der Waals surface area contributed by atoms with Crippen LogP contribution in [0, 0.1) is 5.82 Å². The Balaban J connectivity index is 1.54. The molecule has 0 amide bonds. The third kappa shape index (κ3) is 3.81. The molecule has 0 atom stereocenters. The maximum atomic E-state index is 14.0. The molecule has 0 aliphatic carbocycles. The normalized spacial score (nSPS) is 14.1. The summed E-state index contributed by atoms with van der Waals surface area (Å²) in [6, 6.07) is 17.1. The van der Waals surface area contributed by atoms with Gasteiger partial charge in [-0.2, -0.15) is 0 Å². The van der Waals surface area contributed by atoms with E-state index in [1.165, 1.54) is 18.2 Å². The van der Waals surface area contributed by atoms with E-state index in [9.17, 15) is 9.18 Å². The Morgan fingerprint density at radius 3 is 2.64 bits per heavy atom. The Morgan fingerprint density at radius 2 is 1.89 bits per heavy atom. The van der Waals surface area contributed by atoms with Crippen LogP contribution in [0.5, 0.6) is 11.5 Å². The van der Waals surface area contributed by atoms with Crippen LogP contribution >= 0.6 is 27.5 Å². The van der Waals surface area contributed by atoms with Crippen molar-refractivity contribution in [3.8, 4) is 11.5 Å². The predicted molar refractivity (Wildman–Crippen MR) is 109 cm³/mol. The first-order chi connectivity index (χ1) is 13.5. The fourth-order valence-electron chi connectivity index (χ4n) is 2.78. The van der Waals surface area contributed by atoms with Gasteiger partial charge in [0.2, 0.25) is 5.78 Å². The van der Waals surface area contributed by atoms with E-state index in [0.717, 1.165) is 10.0 Å². The van der Waals surface area contributed by atoms with E-state index >= 15 is 0 Å². The molecule has 0 aromatic heterocycles. The van der Waals surface area contributed by atoms with Crippen LogP contribution < -0.4 is 9.47 Å². The number of carbonyl (C=O) groups is 1. The number of rotatable bonds is 4. The quantitative estimate of drug-likeness (QED) is 0.421. The molecule has 0 N–H and O–H groups in total. The van der Waals surface area contributed by atoms with Crippen LogP contribution in [-0.2, 0) is 6.61 Å². The molecule has 6 heteroatoms. The van der Waals surface area contributed by atoms with Crippen molar-refractivity contribution < 1.29 is 18.7 Å². The zero-order chi connectivity index (χ0) is 19.7. The van der Waals surface area contributed by atoms with Gasteiger partial charge in [0.1, 0.15) is 23.9 Å². The minimum atomic E-state index is -0.522. The molecular weight excluding hydrogens is 447 g/mol. The van der Waals surface area contributed by atoms with Crippen LogP contribution in [0.15, 0.2) is 70.9 Å². The molecule has 140 valence electrons. The molecule has 0 saturated heterocycles. The van der Waals surface area contributed by atoms with E-state index in [2.05, 4.69) is 15.9 Å². The molecule has 28 heavy (non-hydrogen) atoms. The van der Waals surface area contributed by atoms with Crippen molar-refractivity contribution in [1.82, 2.24) is 0 Å². The van der Waals surface area contributed by atoms with Gasteiger partial charge in [0, 0.05) is 16.1 Å². The third-order valence-electron chi connectivity index (χ3n) is 4.24. The van der Waals surface area contributed by atoms with Gasteiger partial charge >= 0.3 is 0 Å². The monoisotopic (exact) mass is 458 g/mol. The van der Waals surface area contributed by atoms with E-state index in [1.54, 1.807) is 24.3 Å². The molecule has 0 radical (unpaired) electrons. The average Bonchev–Trinajstić information content (AvgIpc) is 2.99. The summed E-state index contributed by atoms with van der Waals surface area (Å²) in [6.45, 7) is 0.382. The number of allylic oxidation sites excluding steroid dienone is 1. The number of halogens is 3. The molecule has 3 aromatic carbocycles. The molecule has 0 saturated carbocycles. The Morgan fingerprint density at radius 1 is 1.11 bits per heavy atom. The number of Topliss-reactive ketones (excluding diaryl/α,β-unsaturated/α-hetero) is 1. The van der Waals surface area contributed by atoms with Gasteiger partial charge in [-0.25, -0.2) is 4.39 Å². The summed E-state index contributed by atoms with van der Waals surface area (Å²) in [6.07, 6.45) is 1.32. The minimum absolute atomic E-state index is 0.0204. The van der Waals surface area contributed by atoms with Crippen molar-refractivity contribution in [2.24, 2.45) is 0 Å². The standard InChI is InChI=1S/C22H13BrClFO3/c23-14-6-4-13(5-7-14)12-27-15-8-9-16-20(10-15)28-21(22(16)26)11-17-18(24)2-1-3-19(17)25/h1-11H,12H2. The molecule has 0 spiro atoms. The number of hydrogen-bond donors (Lipinski definition) is 0. The summed E-state index contributed by atoms with van der Waals surface area (Å²) >= 11 is 9.42. The summed E-state index contributed by atoms with van der Waals surface area (Å²) < 4.78 is 26.4. The topological polar surface area (TPSA) is 35.5 Å². The summed E-state index contributed by atoms with van der Waals surface area (Å²) in [7, 11) is 0. The molecule has 0 unspecified atom stereocenters. The van der Waals surface area contributed by atoms with Crippen molar-refractivity contribution in [3.63, 3.8) is 0 Å². The van der Waals surface area contributed by atoms with Gasteiger partial charge < -0.3 is 9.47 Å². The van der Waals surface area contributed by atoms with Crippen molar-refractivity contribution in [2.75, 3.05) is 0 Å². The van der Waals surface area contributed by atoms with E-state index in [0.29, 0.717) is 23.7 Å². The highest BCUT2D eigenvalue weighted by atomic mass is 79.9. The first-order valence-corrected chi connectivity index (χ1v) is 9.58. The third-order valence-corrected chi connectivity index (χ3v) is 5.09. The smallest absolute Gasteiger partial charge is 0.231 e. The molecule has 0 bridgehead atoms. The first-order valence-electron chi connectivity index (χ1n) is 8.41. The summed E-state index contributed by atoms with van der Waals surface area (Å²) in [4.78, 5) is 12.5. The number of ether oxygens (including phenoxy) is 2. The van der Waals surface area contributed by atoms with Crippen molar-refractivity contribution in [3.05, 3.63) is 98.4 Å². The summed E-state index contributed by atoms with van der Waals surface area (Å²) in [5.41, 5.74) is 1.53. The zero-order valence-electron chi connectivity index (χ0n) is 14.4. The van der Waals surface area contributed by atoms with Gasteiger partial charge in [0.25, 0.3) is 0 Å². The van der Waals surface area contributed by atoms with E-state index in [-0.39, 0.29) is 22.1 Å². The first kappa shape index (κ1) is 18.7. The number of fused-ring (bicyclic) bond motifs is 1. The molecule has 1 aliphatic rings. The van der Waals surface area contributed by atoms with Crippen LogP contribution in [0.4, 0.5) is 4.39 Å². The lowest BCUT2D eigenvalue weighted by atomic mass is 10.1. The molecule has 1 aliphatic heterocycles. The van der Waals surface area contributed by atoms with Gasteiger partial charge in [-0.15, -0.1) is 0 Å². The second-order valence-corrected chi connectivity index (χ2v) is 7.47. The molecule has 3 nitrogen and oxygen atoms in total. The van der Waals surface area contributed by atoms with Crippen molar-refractivity contribution >= 4 is 39.4 Å². The Hall–Kier alpha value is -2.63. The van der Waals surface area contributed by atoms with Gasteiger partial charge in [-0.3, -0.25) is 4.79 Å². The maximum Gasteiger partial charge on any atom is 0.231 e. The molecule has 1 heterocycles. The SMILES string of the molecule is O=C1C(=Cc2c(F)cccc2Cl)Oc2cc(OCc3ccc(Br)cc3)ccc21. The fourth-order valence-corrected chi connectivity index (χ4v) is 3.27. The van der Waals surface area contributed by atoms with Crippen LogP contribution in [0.25, 0.3) is 6.08 Å². The molecular formula is C22H13BrClFO3. The zero-order valence-corrected chi connectivity index (χ0v) is 16.8. The fraction of sp³-hybridized carbons (Fsp3) is 0.0455. The van der Waals surface area contributed by atoms with Gasteiger partial charge in [0.15, 0.2) is 5.76 Å². The highest BCUT2D eigenvalue weighted by Gasteiger charge is 2.28. The highest BCUT2D eigenvalue weighted by Crippen LogP contribution is 2.36. The average molecular weight is 460 g/mol. The minimum Gasteiger partial charge on any atom is -0.489 e. The molecule has 3 aromatic rings. The molecule has 0 fully saturated rings. The summed E-state index contributed by atoms with van der Waals surface area (Å²) in [5, 5.41) is 0.207. The maximum absolute atomic E-state index is 14.0. The largest absolute Gasteiger partial charge is 0.489 e. The predicted octanol–water partition coefficient (Wildman–Crippen LogP) is 6.44. The lowest BCUT2D eigenvalue weighted by Crippen LogP contribution is -1.99. The van der Waals surface area contributed by atoms with Gasteiger partial charge in [-0.1, -0.05) is 45.7 Å². The van der Waals surface area contributed by atoms with E-state index in [4.69, 9.17) is 21.1 Å². The lowest BCUT2D eigenvalue weighted by Gasteiger charge is -2.07. The highest BCUT2D eigenvalue weighted by molar-refractivity contribution is 9.10. The van der Waals surface area contributed by atoms with Crippen LogP contribution in [0.3, 0.4) is 0 Å². The second-order valence-electron chi connectivity index (χ2n) is 6.15. The Labute approximate surface area is 174 Å². The van der Waals surface area contributed by atoms with Crippen molar-refractivity contribution in [2.45, 2.75) is 6.61 Å². The van der Waals surface area contributed by atoms with Gasteiger partial charge in [-0.05, 0) is 48.0 Å². The Kier molecular flexibility index (Phi) is 5.20. The number of benzene rings is 3. The van der Waals surface area contributed by atoms with Gasteiger partial charge in [0.05, 0.1) is 10.6 Å². The van der Waals surface area contributed by atoms with Crippen LogP contribution in [-0.4, -0.2) is 5.78 Å². The number of ketones is 1. The van der Waals surface area contributed by atoms with E-state index < -0.39 is 5.82 Å².